The molecule has 0 N–H and O–H groups in total. The summed E-state index contributed by atoms with van der Waals surface area (Å²) in [7, 11) is 0. The highest BCUT2D eigenvalue weighted by Crippen LogP contribution is 2.54. The molecule has 0 aliphatic heterocycles. The van der Waals surface area contributed by atoms with E-state index in [9.17, 15) is 0 Å². The van der Waals surface area contributed by atoms with Crippen LogP contribution in [0.1, 0.15) is 30.5 Å². The lowest BCUT2D eigenvalue weighted by Crippen LogP contribution is -2.16. The van der Waals surface area contributed by atoms with E-state index in [4.69, 9.17) is 0 Å². The first kappa shape index (κ1) is 21.4. The van der Waals surface area contributed by atoms with E-state index in [1.807, 2.05) is 0 Å². The van der Waals surface area contributed by atoms with Gasteiger partial charge in [0.05, 0.1) is 11.4 Å². The summed E-state index contributed by atoms with van der Waals surface area (Å²) in [6.07, 6.45) is 0. The fourth-order valence-corrected chi connectivity index (χ4v) is 5.55. The Morgan fingerprint density at radius 3 is 1.89 bits per heavy atom. The van der Waals surface area contributed by atoms with Gasteiger partial charge in [-0.3, -0.25) is 0 Å². The highest BCUT2D eigenvalue weighted by Gasteiger charge is 2.37. The normalized spacial score (nSPS) is 13.2. The summed E-state index contributed by atoms with van der Waals surface area (Å²) < 4.78 is 0. The van der Waals surface area contributed by atoms with Crippen LogP contribution in [-0.4, -0.2) is 0 Å². The van der Waals surface area contributed by atoms with Crippen molar-refractivity contribution >= 4 is 17.1 Å². The zero-order chi connectivity index (χ0) is 24.0. The Kier molecular flexibility index (Phi) is 5.07. The zero-order valence-corrected chi connectivity index (χ0v) is 20.5. The molecule has 0 bridgehead atoms. The average Bonchev–Trinajstić information content (AvgIpc) is 3.14. The fourth-order valence-electron chi connectivity index (χ4n) is 5.55. The predicted molar refractivity (Wildman–Crippen MR) is 149 cm³/mol. The molecule has 0 amide bonds. The topological polar surface area (TPSA) is 3.24 Å². The largest absolute Gasteiger partial charge is 0.309 e. The highest BCUT2D eigenvalue weighted by molar-refractivity contribution is 5.97. The van der Waals surface area contributed by atoms with Crippen LogP contribution in [0.25, 0.3) is 22.3 Å². The third-order valence-corrected chi connectivity index (χ3v) is 7.35. The summed E-state index contributed by atoms with van der Waals surface area (Å²) in [5.74, 6) is 0. The van der Waals surface area contributed by atoms with Crippen molar-refractivity contribution in [1.82, 2.24) is 0 Å². The van der Waals surface area contributed by atoms with Crippen LogP contribution in [0.15, 0.2) is 121 Å². The number of rotatable bonds is 4. The van der Waals surface area contributed by atoms with Gasteiger partial charge in [0.2, 0.25) is 0 Å². The van der Waals surface area contributed by atoms with Crippen LogP contribution >= 0.6 is 0 Å². The van der Waals surface area contributed by atoms with Gasteiger partial charge in [-0.1, -0.05) is 116 Å². The standard InChI is InChI=1S/C34H29N/c1-24-20-22-26(23-21-24)35(31-18-10-8-14-27(31)25-12-5-4-6-13-25)32-19-11-17-30-33(32)28-15-7-9-16-29(28)34(30,2)3/h4-23H,1-3H3. The molecule has 170 valence electrons. The van der Waals surface area contributed by atoms with Gasteiger partial charge in [0.15, 0.2) is 0 Å². The number of fused-ring (bicyclic) bond motifs is 3. The number of hydrogen-bond acceptors (Lipinski definition) is 1. The van der Waals surface area contributed by atoms with Crippen LogP contribution in [0.4, 0.5) is 17.1 Å². The smallest absolute Gasteiger partial charge is 0.0543 e. The molecule has 1 aliphatic rings. The van der Waals surface area contributed by atoms with E-state index in [1.165, 1.54) is 50.3 Å². The van der Waals surface area contributed by atoms with Crippen molar-refractivity contribution in [3.05, 3.63) is 138 Å². The summed E-state index contributed by atoms with van der Waals surface area (Å²) in [5, 5.41) is 0. The molecule has 0 heterocycles. The molecule has 1 nitrogen and oxygen atoms in total. The third kappa shape index (κ3) is 3.47. The van der Waals surface area contributed by atoms with E-state index < -0.39 is 0 Å². The van der Waals surface area contributed by atoms with Crippen LogP contribution in [0.3, 0.4) is 0 Å². The van der Waals surface area contributed by atoms with Gasteiger partial charge in [-0.05, 0) is 53.4 Å². The number of nitrogens with zero attached hydrogens (tertiary/aromatic N) is 1. The van der Waals surface area contributed by atoms with Gasteiger partial charge in [-0.25, -0.2) is 0 Å². The minimum atomic E-state index is -0.0418. The number of anilines is 3. The molecule has 0 spiro atoms. The van der Waals surface area contributed by atoms with Gasteiger partial charge in [0.25, 0.3) is 0 Å². The van der Waals surface area contributed by atoms with Gasteiger partial charge >= 0.3 is 0 Å². The molecule has 0 aromatic heterocycles. The SMILES string of the molecule is Cc1ccc(N(c2ccccc2-c2ccccc2)c2cccc3c2-c2ccccc2C3(C)C)cc1. The molecule has 0 saturated heterocycles. The molecule has 6 rings (SSSR count). The molecule has 5 aromatic carbocycles. The quantitative estimate of drug-likeness (QED) is 0.263. The Bertz CT molecular complexity index is 1510. The molecule has 35 heavy (non-hydrogen) atoms. The highest BCUT2D eigenvalue weighted by atomic mass is 15.1. The Hall–Kier alpha value is -4.10. The summed E-state index contributed by atoms with van der Waals surface area (Å²) in [5.41, 5.74) is 12.6. The van der Waals surface area contributed by atoms with E-state index >= 15 is 0 Å². The molecular weight excluding hydrogens is 422 g/mol. The lowest BCUT2D eigenvalue weighted by atomic mass is 9.82. The van der Waals surface area contributed by atoms with E-state index in [2.05, 4.69) is 147 Å². The van der Waals surface area contributed by atoms with Gasteiger partial charge in [-0.15, -0.1) is 0 Å². The van der Waals surface area contributed by atoms with Crippen molar-refractivity contribution in [2.45, 2.75) is 26.2 Å². The Labute approximate surface area is 208 Å². The molecule has 0 radical (unpaired) electrons. The van der Waals surface area contributed by atoms with Crippen molar-refractivity contribution < 1.29 is 0 Å². The lowest BCUT2D eigenvalue weighted by Gasteiger charge is -2.30. The molecule has 0 atom stereocenters. The zero-order valence-electron chi connectivity index (χ0n) is 20.5. The predicted octanol–water partition coefficient (Wildman–Crippen LogP) is 9.44. The van der Waals surface area contributed by atoms with Crippen LogP contribution in [0.5, 0.6) is 0 Å². The summed E-state index contributed by atoms with van der Waals surface area (Å²) >= 11 is 0. The Balaban J connectivity index is 1.66. The molecule has 0 unspecified atom stereocenters. The maximum absolute atomic E-state index is 2.44. The first-order valence-corrected chi connectivity index (χ1v) is 12.3. The maximum Gasteiger partial charge on any atom is 0.0543 e. The van der Waals surface area contributed by atoms with Crippen molar-refractivity contribution in [3.63, 3.8) is 0 Å². The van der Waals surface area contributed by atoms with Crippen LogP contribution in [0.2, 0.25) is 0 Å². The second-order valence-corrected chi connectivity index (χ2v) is 9.92. The van der Waals surface area contributed by atoms with Gasteiger partial charge in [0.1, 0.15) is 0 Å². The van der Waals surface area contributed by atoms with Crippen molar-refractivity contribution in [2.75, 3.05) is 4.90 Å². The van der Waals surface area contributed by atoms with Gasteiger partial charge in [0, 0.05) is 22.2 Å². The van der Waals surface area contributed by atoms with Crippen molar-refractivity contribution in [3.8, 4) is 22.3 Å². The van der Waals surface area contributed by atoms with Crippen LogP contribution in [0, 0.1) is 6.92 Å². The first-order valence-electron chi connectivity index (χ1n) is 12.3. The number of aryl methyl sites for hydroxylation is 1. The first-order chi connectivity index (χ1) is 17.1. The lowest BCUT2D eigenvalue weighted by molar-refractivity contribution is 0.660. The minimum Gasteiger partial charge on any atom is -0.309 e. The van der Waals surface area contributed by atoms with Crippen molar-refractivity contribution in [2.24, 2.45) is 0 Å². The van der Waals surface area contributed by atoms with E-state index in [0.717, 1.165) is 5.69 Å². The van der Waals surface area contributed by atoms with Crippen molar-refractivity contribution in [1.29, 1.82) is 0 Å². The third-order valence-electron chi connectivity index (χ3n) is 7.35. The van der Waals surface area contributed by atoms with Gasteiger partial charge in [-0.2, -0.15) is 0 Å². The summed E-state index contributed by atoms with van der Waals surface area (Å²) in [4.78, 5) is 2.44. The average molecular weight is 452 g/mol. The second kappa shape index (κ2) is 8.29. The maximum atomic E-state index is 2.44. The molecular formula is C34H29N. The van der Waals surface area contributed by atoms with Crippen LogP contribution in [-0.2, 0) is 5.41 Å². The summed E-state index contributed by atoms with van der Waals surface area (Å²) in [6.45, 7) is 6.83. The fraction of sp³-hybridized carbons (Fsp3) is 0.118. The minimum absolute atomic E-state index is 0.0418. The van der Waals surface area contributed by atoms with E-state index in [-0.39, 0.29) is 5.41 Å². The van der Waals surface area contributed by atoms with Gasteiger partial charge < -0.3 is 4.90 Å². The molecule has 1 aliphatic carbocycles. The number of benzene rings is 5. The van der Waals surface area contributed by atoms with E-state index in [0.29, 0.717) is 0 Å². The second-order valence-electron chi connectivity index (χ2n) is 9.92. The van der Waals surface area contributed by atoms with E-state index in [1.54, 1.807) is 0 Å². The Morgan fingerprint density at radius 1 is 0.514 bits per heavy atom. The molecule has 0 saturated carbocycles. The number of para-hydroxylation sites is 1. The molecule has 1 heteroatoms. The molecule has 0 fully saturated rings. The monoisotopic (exact) mass is 451 g/mol. The number of hydrogen-bond donors (Lipinski definition) is 0. The summed E-state index contributed by atoms with van der Waals surface area (Å²) in [6, 6.07) is 44.0. The molecule has 5 aromatic rings. The van der Waals surface area contributed by atoms with Crippen LogP contribution < -0.4 is 4.90 Å². The Morgan fingerprint density at radius 2 is 1.11 bits per heavy atom.